The van der Waals surface area contributed by atoms with Crippen LogP contribution in [0.1, 0.15) is 158 Å². The van der Waals surface area contributed by atoms with Crippen LogP contribution in [0, 0.1) is 0 Å². The van der Waals surface area contributed by atoms with Crippen LogP contribution in [0.15, 0.2) is 18.2 Å². The number of carbonyl (C=O) groups excluding carboxylic acids is 4. The number of esters is 1. The number of rotatable bonds is 25. The summed E-state index contributed by atoms with van der Waals surface area (Å²) in [6.45, 7) is 4.89. The Labute approximate surface area is 286 Å². The van der Waals surface area contributed by atoms with Gasteiger partial charge in [-0.15, -0.1) is 0 Å². The molecule has 0 bridgehead atoms. The summed E-state index contributed by atoms with van der Waals surface area (Å²) in [5.74, 6) is -3.80. The fourth-order valence-corrected chi connectivity index (χ4v) is 5.47. The third kappa shape index (κ3) is 17.4. The van der Waals surface area contributed by atoms with E-state index in [0.29, 0.717) is 50.3 Å². The van der Waals surface area contributed by atoms with Crippen LogP contribution in [-0.2, 0) is 31.5 Å². The maximum absolute atomic E-state index is 13.5. The molecule has 0 spiro atoms. The Balaban J connectivity index is 2.96. The second-order valence-electron chi connectivity index (χ2n) is 12.5. The summed E-state index contributed by atoms with van der Waals surface area (Å²) < 4.78 is 86.0. The van der Waals surface area contributed by atoms with Gasteiger partial charge in [-0.25, -0.2) is 4.79 Å². The Hall–Kier alpha value is -3.12. The van der Waals surface area contributed by atoms with Crippen molar-refractivity contribution < 1.29 is 50.3 Å². The van der Waals surface area contributed by atoms with Crippen molar-refractivity contribution in [2.75, 3.05) is 6.61 Å². The van der Waals surface area contributed by atoms with Crippen LogP contribution in [0.2, 0.25) is 0 Å². The lowest BCUT2D eigenvalue weighted by molar-refractivity contribution is -0.144. The monoisotopic (exact) mass is 708 g/mol. The fraction of sp³-hybridized carbons (Fsp3) is 0.722. The Morgan fingerprint density at radius 1 is 0.633 bits per heavy atom. The van der Waals surface area contributed by atoms with Crippen molar-refractivity contribution >= 4 is 23.6 Å². The summed E-state index contributed by atoms with van der Waals surface area (Å²) >= 11 is 0. The molecule has 1 rings (SSSR count). The van der Waals surface area contributed by atoms with Gasteiger partial charge >= 0.3 is 18.3 Å². The highest BCUT2D eigenvalue weighted by molar-refractivity contribution is 5.97. The molecule has 49 heavy (non-hydrogen) atoms. The average molecular weight is 709 g/mol. The van der Waals surface area contributed by atoms with E-state index in [-0.39, 0.29) is 18.7 Å². The molecule has 0 aromatic heterocycles. The number of ketones is 1. The van der Waals surface area contributed by atoms with E-state index in [2.05, 4.69) is 17.6 Å². The van der Waals surface area contributed by atoms with Gasteiger partial charge in [-0.3, -0.25) is 14.4 Å². The first-order valence-electron chi connectivity index (χ1n) is 17.7. The van der Waals surface area contributed by atoms with E-state index in [9.17, 15) is 45.5 Å². The fourth-order valence-electron chi connectivity index (χ4n) is 5.47. The maximum atomic E-state index is 13.5. The molecule has 2 atom stereocenters. The molecule has 7 nitrogen and oxygen atoms in total. The van der Waals surface area contributed by atoms with E-state index in [0.717, 1.165) is 38.5 Å². The molecule has 0 aliphatic heterocycles. The van der Waals surface area contributed by atoms with E-state index in [1.54, 1.807) is 0 Å². The largest absolute Gasteiger partial charge is 0.454 e. The standard InChI is InChI=1S/C36H54F6N2O5/c1-4-7-10-11-12-13-14-15-18-24-31(46)43-29(23-17-9-6-3)33(47)44-28(22-16-8-5-2)30(45)25-49-34(48)32-26(35(37,38)39)20-19-21-27(32)36(40,41)42/h19-21,28-29H,4-18,22-25H2,1-3H3,(H,43,46)(H,44,47)/t28-,29-/m0/s1. The first-order valence-corrected chi connectivity index (χ1v) is 17.7. The smallest absolute Gasteiger partial charge is 0.417 e. The van der Waals surface area contributed by atoms with Gasteiger partial charge in [0.15, 0.2) is 12.4 Å². The molecule has 0 aliphatic carbocycles. The molecular weight excluding hydrogens is 654 g/mol. The van der Waals surface area contributed by atoms with Crippen LogP contribution in [-0.4, -0.2) is 42.3 Å². The van der Waals surface area contributed by atoms with Crippen molar-refractivity contribution in [2.24, 2.45) is 0 Å². The zero-order valence-electron chi connectivity index (χ0n) is 29.1. The summed E-state index contributed by atoms with van der Waals surface area (Å²) in [4.78, 5) is 51.9. The topological polar surface area (TPSA) is 102 Å². The number of alkyl halides is 6. The second-order valence-corrected chi connectivity index (χ2v) is 12.5. The Bertz CT molecular complexity index is 1120. The van der Waals surface area contributed by atoms with Crippen molar-refractivity contribution in [2.45, 2.75) is 161 Å². The SMILES string of the molecule is CCCCCCCCCCCC(=O)N[C@@H](CCCCC)C(=O)N[C@@H](CCCCC)C(=O)COC(=O)c1c(C(F)(F)F)cccc1C(F)(F)F. The van der Waals surface area contributed by atoms with Gasteiger partial charge in [0.25, 0.3) is 0 Å². The molecule has 13 heteroatoms. The third-order valence-electron chi connectivity index (χ3n) is 8.28. The molecular formula is C36H54F6N2O5. The molecule has 0 fully saturated rings. The lowest BCUT2D eigenvalue weighted by Gasteiger charge is -2.23. The van der Waals surface area contributed by atoms with E-state index in [4.69, 9.17) is 4.74 Å². The van der Waals surface area contributed by atoms with Crippen molar-refractivity contribution in [3.05, 3.63) is 34.9 Å². The summed E-state index contributed by atoms with van der Waals surface area (Å²) in [7, 11) is 0. The zero-order chi connectivity index (χ0) is 36.9. The summed E-state index contributed by atoms with van der Waals surface area (Å²) in [6.07, 6.45) is 3.91. The van der Waals surface area contributed by atoms with Crippen LogP contribution >= 0.6 is 0 Å². The van der Waals surface area contributed by atoms with Crippen molar-refractivity contribution in [1.29, 1.82) is 0 Å². The van der Waals surface area contributed by atoms with Crippen LogP contribution in [0.3, 0.4) is 0 Å². The molecule has 0 saturated heterocycles. The van der Waals surface area contributed by atoms with Crippen molar-refractivity contribution in [3.8, 4) is 0 Å². The minimum Gasteiger partial charge on any atom is -0.454 e. The van der Waals surface area contributed by atoms with E-state index >= 15 is 0 Å². The van der Waals surface area contributed by atoms with Crippen LogP contribution in [0.5, 0.6) is 0 Å². The Kier molecular flexibility index (Phi) is 20.9. The van der Waals surface area contributed by atoms with Crippen molar-refractivity contribution in [3.63, 3.8) is 0 Å². The molecule has 1 aromatic carbocycles. The summed E-state index contributed by atoms with van der Waals surface area (Å²) in [5.41, 5.74) is -5.44. The molecule has 1 aromatic rings. The lowest BCUT2D eigenvalue weighted by Crippen LogP contribution is -2.52. The number of nitrogens with one attached hydrogen (secondary N) is 2. The number of hydrogen-bond donors (Lipinski definition) is 2. The average Bonchev–Trinajstić information content (AvgIpc) is 3.04. The highest BCUT2D eigenvalue weighted by Crippen LogP contribution is 2.39. The number of benzene rings is 1. The normalized spacial score (nSPS) is 13.1. The van der Waals surface area contributed by atoms with Gasteiger partial charge < -0.3 is 15.4 Å². The number of ether oxygens (including phenoxy) is 1. The number of hydrogen-bond acceptors (Lipinski definition) is 5. The second kappa shape index (κ2) is 23.3. The van der Waals surface area contributed by atoms with E-state index in [1.165, 1.54) is 32.1 Å². The van der Waals surface area contributed by atoms with Gasteiger partial charge in [-0.1, -0.05) is 117 Å². The minimum atomic E-state index is -5.30. The van der Waals surface area contributed by atoms with Crippen LogP contribution in [0.25, 0.3) is 0 Å². The van der Waals surface area contributed by atoms with Gasteiger partial charge in [0.2, 0.25) is 11.8 Å². The minimum absolute atomic E-state index is 0.0942. The predicted molar refractivity (Wildman–Crippen MR) is 176 cm³/mol. The lowest BCUT2D eigenvalue weighted by atomic mass is 10.00. The number of halogens is 6. The highest BCUT2D eigenvalue weighted by atomic mass is 19.4. The van der Waals surface area contributed by atoms with E-state index in [1.807, 2.05) is 13.8 Å². The quantitative estimate of drug-likeness (QED) is 0.0599. The number of Topliss-reactive ketones (excluding diaryl/α,β-unsaturated/α-hetero) is 1. The van der Waals surface area contributed by atoms with Crippen molar-refractivity contribution in [1.82, 2.24) is 10.6 Å². The number of unbranched alkanes of at least 4 members (excludes halogenated alkanes) is 12. The molecule has 0 saturated carbocycles. The Morgan fingerprint density at radius 2 is 1.08 bits per heavy atom. The third-order valence-corrected chi connectivity index (χ3v) is 8.28. The van der Waals surface area contributed by atoms with E-state index < -0.39 is 65.4 Å². The summed E-state index contributed by atoms with van der Waals surface area (Å²) in [6, 6.07) is -1.02. The molecule has 0 heterocycles. The number of amides is 2. The first kappa shape index (κ1) is 43.9. The molecule has 0 unspecified atom stereocenters. The number of carbonyl (C=O) groups is 4. The molecule has 2 amide bonds. The van der Waals surface area contributed by atoms with Crippen LogP contribution in [0.4, 0.5) is 26.3 Å². The molecule has 2 N–H and O–H groups in total. The first-order chi connectivity index (χ1) is 23.2. The molecule has 0 aliphatic rings. The van der Waals surface area contributed by atoms with Gasteiger partial charge in [0, 0.05) is 6.42 Å². The van der Waals surface area contributed by atoms with Crippen LogP contribution < -0.4 is 10.6 Å². The summed E-state index contributed by atoms with van der Waals surface area (Å²) in [5, 5.41) is 5.36. The molecule has 280 valence electrons. The van der Waals surface area contributed by atoms with Gasteiger partial charge in [-0.2, -0.15) is 26.3 Å². The van der Waals surface area contributed by atoms with Gasteiger partial charge in [0.1, 0.15) is 6.04 Å². The highest BCUT2D eigenvalue weighted by Gasteiger charge is 2.43. The maximum Gasteiger partial charge on any atom is 0.417 e. The zero-order valence-corrected chi connectivity index (χ0v) is 29.1. The van der Waals surface area contributed by atoms with Gasteiger partial charge in [-0.05, 0) is 31.4 Å². The molecule has 0 radical (unpaired) electrons. The van der Waals surface area contributed by atoms with Gasteiger partial charge in [0.05, 0.1) is 22.7 Å². The Morgan fingerprint density at radius 3 is 1.57 bits per heavy atom. The predicted octanol–water partition coefficient (Wildman–Crippen LogP) is 9.50.